The van der Waals surface area contributed by atoms with Crippen LogP contribution in [0.15, 0.2) is 30.3 Å². The van der Waals surface area contributed by atoms with Crippen LogP contribution in [-0.4, -0.2) is 13.4 Å². The molecule has 1 aromatic rings. The summed E-state index contributed by atoms with van der Waals surface area (Å²) in [5.41, 5.74) is 1.22. The molecule has 14 heavy (non-hydrogen) atoms. The van der Waals surface area contributed by atoms with Crippen molar-refractivity contribution in [3.05, 3.63) is 35.9 Å². The van der Waals surface area contributed by atoms with E-state index < -0.39 is 0 Å². The quantitative estimate of drug-likeness (QED) is 0.687. The van der Waals surface area contributed by atoms with Gasteiger partial charge in [-0.1, -0.05) is 30.3 Å². The monoisotopic (exact) mass is 192 g/mol. The molecular formula is C12H16O2. The summed E-state index contributed by atoms with van der Waals surface area (Å²) < 4.78 is 4.93. The van der Waals surface area contributed by atoms with Gasteiger partial charge in [0.1, 0.15) is 6.29 Å². The maximum Gasteiger partial charge on any atom is 0.123 e. The molecule has 0 spiro atoms. The van der Waals surface area contributed by atoms with Gasteiger partial charge < -0.3 is 9.53 Å². The fourth-order valence-electron chi connectivity index (χ4n) is 0.973. The summed E-state index contributed by atoms with van der Waals surface area (Å²) in [6.07, 6.45) is 3.31. The van der Waals surface area contributed by atoms with Gasteiger partial charge in [0, 0.05) is 13.0 Å². The van der Waals surface area contributed by atoms with E-state index in [1.54, 1.807) is 7.11 Å². The second kappa shape index (κ2) is 6.33. The fourth-order valence-corrected chi connectivity index (χ4v) is 0.973. The number of aldehydes is 1. The fraction of sp³-hybridized carbons (Fsp3) is 0.417. The summed E-state index contributed by atoms with van der Waals surface area (Å²) in [4.78, 5) is 9.57. The molecule has 2 nitrogen and oxygen atoms in total. The molecule has 1 fully saturated rings. The first-order valence-electron chi connectivity index (χ1n) is 4.85. The van der Waals surface area contributed by atoms with E-state index in [0.717, 1.165) is 19.1 Å². The summed E-state index contributed by atoms with van der Waals surface area (Å²) in [5.74, 6) is 0.454. The van der Waals surface area contributed by atoms with Crippen molar-refractivity contribution >= 4 is 6.29 Å². The Labute approximate surface area is 84.9 Å². The minimum absolute atomic E-state index is 0.454. The lowest BCUT2D eigenvalue weighted by molar-refractivity contribution is -0.108. The average Bonchev–Trinajstić information content (AvgIpc) is 3.04. The molecule has 1 aromatic carbocycles. The highest BCUT2D eigenvalue weighted by atomic mass is 16.5. The maximum absolute atomic E-state index is 9.57. The van der Waals surface area contributed by atoms with Crippen molar-refractivity contribution in [3.63, 3.8) is 0 Å². The van der Waals surface area contributed by atoms with Gasteiger partial charge in [-0.2, -0.15) is 0 Å². The van der Waals surface area contributed by atoms with Gasteiger partial charge in [-0.25, -0.2) is 0 Å². The summed E-state index contributed by atoms with van der Waals surface area (Å²) in [6, 6.07) is 10.1. The third-order valence-electron chi connectivity index (χ3n) is 1.97. The number of rotatable bonds is 3. The van der Waals surface area contributed by atoms with Gasteiger partial charge in [0.05, 0.1) is 6.61 Å². The molecule has 76 valence electrons. The minimum Gasteiger partial charge on any atom is -0.380 e. The smallest absolute Gasteiger partial charge is 0.123 e. The maximum atomic E-state index is 9.57. The Morgan fingerprint density at radius 1 is 1.36 bits per heavy atom. The molecule has 2 rings (SSSR count). The Bertz CT molecular complexity index is 252. The number of benzene rings is 1. The number of hydrogen-bond acceptors (Lipinski definition) is 2. The molecule has 0 radical (unpaired) electrons. The summed E-state index contributed by atoms with van der Waals surface area (Å²) >= 11 is 0. The van der Waals surface area contributed by atoms with Crippen LogP contribution in [0.1, 0.15) is 18.4 Å². The van der Waals surface area contributed by atoms with E-state index >= 15 is 0 Å². The van der Waals surface area contributed by atoms with Crippen LogP contribution in [0.5, 0.6) is 0 Å². The second-order valence-corrected chi connectivity index (χ2v) is 3.39. The molecule has 2 heteroatoms. The molecule has 0 bridgehead atoms. The van der Waals surface area contributed by atoms with Crippen LogP contribution in [0.2, 0.25) is 0 Å². The largest absolute Gasteiger partial charge is 0.380 e. The zero-order chi connectivity index (χ0) is 10.2. The van der Waals surface area contributed by atoms with Gasteiger partial charge in [0.2, 0.25) is 0 Å². The predicted molar refractivity (Wildman–Crippen MR) is 55.9 cm³/mol. The number of methoxy groups -OCH3 is 1. The molecule has 0 aromatic heterocycles. The van der Waals surface area contributed by atoms with Crippen LogP contribution in [0.4, 0.5) is 0 Å². The topological polar surface area (TPSA) is 26.3 Å². The first kappa shape index (κ1) is 10.9. The first-order chi connectivity index (χ1) is 6.86. The highest BCUT2D eigenvalue weighted by Crippen LogP contribution is 2.25. The summed E-state index contributed by atoms with van der Waals surface area (Å²) in [6.45, 7) is 0.709. The van der Waals surface area contributed by atoms with E-state index in [1.807, 2.05) is 30.3 Å². The van der Waals surface area contributed by atoms with E-state index in [-0.39, 0.29) is 0 Å². The van der Waals surface area contributed by atoms with Crippen LogP contribution in [0.25, 0.3) is 0 Å². The zero-order valence-corrected chi connectivity index (χ0v) is 8.48. The highest BCUT2D eigenvalue weighted by Gasteiger charge is 2.18. The highest BCUT2D eigenvalue weighted by molar-refractivity contribution is 5.56. The SMILES string of the molecule is COCc1ccccc1.O=CC1CC1. The first-order valence-corrected chi connectivity index (χ1v) is 4.85. The van der Waals surface area contributed by atoms with Gasteiger partial charge >= 0.3 is 0 Å². The Balaban J connectivity index is 0.000000165. The number of ether oxygens (including phenoxy) is 1. The van der Waals surface area contributed by atoms with Crippen molar-refractivity contribution in [1.82, 2.24) is 0 Å². The molecule has 0 amide bonds. The van der Waals surface area contributed by atoms with Crippen molar-refractivity contribution in [2.24, 2.45) is 5.92 Å². The standard InChI is InChI=1S/C8H10O.C4H6O/c1-9-7-8-5-3-2-4-6-8;5-3-4-1-2-4/h2-6H,7H2,1H3;3-4H,1-2H2. The molecule has 1 saturated carbocycles. The Kier molecular flexibility index (Phi) is 4.94. The lowest BCUT2D eigenvalue weighted by atomic mass is 10.2. The van der Waals surface area contributed by atoms with Crippen LogP contribution in [0.3, 0.4) is 0 Å². The van der Waals surface area contributed by atoms with Gasteiger partial charge in [0.25, 0.3) is 0 Å². The van der Waals surface area contributed by atoms with Crippen molar-refractivity contribution < 1.29 is 9.53 Å². The average molecular weight is 192 g/mol. The van der Waals surface area contributed by atoms with Crippen LogP contribution in [0, 0.1) is 5.92 Å². The molecule has 0 atom stereocenters. The molecule has 1 aliphatic carbocycles. The number of hydrogen-bond donors (Lipinski definition) is 0. The van der Waals surface area contributed by atoms with E-state index in [9.17, 15) is 4.79 Å². The number of carbonyl (C=O) groups excluding carboxylic acids is 1. The van der Waals surface area contributed by atoms with E-state index in [2.05, 4.69) is 0 Å². The Morgan fingerprint density at radius 3 is 2.36 bits per heavy atom. The normalized spacial score (nSPS) is 14.1. The van der Waals surface area contributed by atoms with Crippen molar-refractivity contribution in [1.29, 1.82) is 0 Å². The third kappa shape index (κ3) is 4.77. The van der Waals surface area contributed by atoms with Gasteiger partial charge in [-0.05, 0) is 18.4 Å². The predicted octanol–water partition coefficient (Wildman–Crippen LogP) is 2.43. The van der Waals surface area contributed by atoms with E-state index in [0.29, 0.717) is 12.5 Å². The molecule has 1 aliphatic rings. The lowest BCUT2D eigenvalue weighted by Crippen LogP contribution is -1.84. The summed E-state index contributed by atoms with van der Waals surface area (Å²) in [5, 5.41) is 0. The van der Waals surface area contributed by atoms with Gasteiger partial charge in [0.15, 0.2) is 0 Å². The van der Waals surface area contributed by atoms with Crippen molar-refractivity contribution in [3.8, 4) is 0 Å². The molecule has 0 heterocycles. The zero-order valence-electron chi connectivity index (χ0n) is 8.48. The van der Waals surface area contributed by atoms with Crippen LogP contribution >= 0.6 is 0 Å². The van der Waals surface area contributed by atoms with E-state index in [4.69, 9.17) is 4.74 Å². The van der Waals surface area contributed by atoms with Gasteiger partial charge in [-0.15, -0.1) is 0 Å². The Hall–Kier alpha value is -1.15. The molecule has 0 aliphatic heterocycles. The second-order valence-electron chi connectivity index (χ2n) is 3.39. The minimum atomic E-state index is 0.454. The van der Waals surface area contributed by atoms with Crippen LogP contribution in [-0.2, 0) is 16.1 Å². The summed E-state index contributed by atoms with van der Waals surface area (Å²) in [7, 11) is 1.70. The van der Waals surface area contributed by atoms with Crippen molar-refractivity contribution in [2.75, 3.05) is 7.11 Å². The van der Waals surface area contributed by atoms with E-state index in [1.165, 1.54) is 5.56 Å². The molecular weight excluding hydrogens is 176 g/mol. The third-order valence-corrected chi connectivity index (χ3v) is 1.97. The number of carbonyl (C=O) groups is 1. The molecule has 0 unspecified atom stereocenters. The van der Waals surface area contributed by atoms with Crippen LogP contribution < -0.4 is 0 Å². The van der Waals surface area contributed by atoms with Gasteiger partial charge in [-0.3, -0.25) is 0 Å². The molecule has 0 saturated heterocycles. The van der Waals surface area contributed by atoms with Crippen molar-refractivity contribution in [2.45, 2.75) is 19.4 Å². The Morgan fingerprint density at radius 2 is 2.00 bits per heavy atom. The molecule has 0 N–H and O–H groups in total. The lowest BCUT2D eigenvalue weighted by Gasteiger charge is -1.95.